The Morgan fingerprint density at radius 3 is 1.66 bits per heavy atom. The molecule has 0 heterocycles. The van der Waals surface area contributed by atoms with Gasteiger partial charge >= 0.3 is 29.8 Å². The van der Waals surface area contributed by atoms with E-state index >= 15 is 0 Å². The minimum Gasteiger partial charge on any atom is -0.423 e. The minimum atomic E-state index is -0.986. The molecule has 0 N–H and O–H groups in total. The lowest BCUT2D eigenvalue weighted by atomic mass is 9.80. The third kappa shape index (κ3) is 11.1. The predicted molar refractivity (Wildman–Crippen MR) is 222 cm³/mol. The molecule has 1 atom stereocenters. The SMILES string of the molecule is C=CC(=O)O/C(C=C)=C/C=C/c1ccc(OC(=O)C=C)c(C(c2cc(-c3ccc(OC(=O)C=C)cc3)ccc2OC(=O)C=C)c2cc(C)cc(C)c2OC(=O)C=C)c1. The zero-order valence-electron chi connectivity index (χ0n) is 32.0. The van der Waals surface area contributed by atoms with Gasteiger partial charge in [0.2, 0.25) is 0 Å². The fourth-order valence-corrected chi connectivity index (χ4v) is 5.75. The van der Waals surface area contributed by atoms with Gasteiger partial charge in [0.05, 0.1) is 0 Å². The summed E-state index contributed by atoms with van der Waals surface area (Å²) in [6, 6.07) is 20.5. The number of aryl methyl sites for hydroxylation is 2. The maximum atomic E-state index is 12.9. The van der Waals surface area contributed by atoms with Crippen molar-refractivity contribution in [3.05, 3.63) is 200 Å². The van der Waals surface area contributed by atoms with Gasteiger partial charge in [0.15, 0.2) is 0 Å². The third-order valence-electron chi connectivity index (χ3n) is 8.26. The van der Waals surface area contributed by atoms with E-state index in [-0.39, 0.29) is 23.0 Å². The smallest absolute Gasteiger partial charge is 0.335 e. The third-order valence-corrected chi connectivity index (χ3v) is 8.26. The highest BCUT2D eigenvalue weighted by atomic mass is 16.6. The zero-order valence-corrected chi connectivity index (χ0v) is 32.0. The van der Waals surface area contributed by atoms with E-state index in [2.05, 4.69) is 39.5 Å². The van der Waals surface area contributed by atoms with Crippen LogP contribution in [0.5, 0.6) is 23.0 Å². The first-order valence-electron chi connectivity index (χ1n) is 17.6. The summed E-state index contributed by atoms with van der Waals surface area (Å²) >= 11 is 0. The first-order chi connectivity index (χ1) is 27.8. The summed E-state index contributed by atoms with van der Waals surface area (Å²) < 4.78 is 28.0. The van der Waals surface area contributed by atoms with Crippen LogP contribution in [-0.2, 0) is 28.7 Å². The summed E-state index contributed by atoms with van der Waals surface area (Å²) in [7, 11) is 0. The van der Waals surface area contributed by atoms with E-state index in [4.69, 9.17) is 23.7 Å². The van der Waals surface area contributed by atoms with Crippen molar-refractivity contribution in [1.82, 2.24) is 0 Å². The van der Waals surface area contributed by atoms with Crippen LogP contribution in [0.3, 0.4) is 0 Å². The molecule has 58 heavy (non-hydrogen) atoms. The van der Waals surface area contributed by atoms with Crippen molar-refractivity contribution in [2.24, 2.45) is 0 Å². The van der Waals surface area contributed by atoms with Crippen molar-refractivity contribution < 1.29 is 47.7 Å². The van der Waals surface area contributed by atoms with E-state index in [9.17, 15) is 24.0 Å². The lowest BCUT2D eigenvalue weighted by Crippen LogP contribution is -2.15. The number of hydrogen-bond donors (Lipinski definition) is 0. The van der Waals surface area contributed by atoms with Gasteiger partial charge in [-0.2, -0.15) is 0 Å². The van der Waals surface area contributed by atoms with Crippen molar-refractivity contribution in [2.75, 3.05) is 0 Å². The lowest BCUT2D eigenvalue weighted by Gasteiger charge is -2.27. The van der Waals surface area contributed by atoms with E-state index in [0.717, 1.165) is 35.9 Å². The molecule has 4 aromatic rings. The largest absolute Gasteiger partial charge is 0.423 e. The van der Waals surface area contributed by atoms with Gasteiger partial charge in [0, 0.05) is 53.0 Å². The molecule has 0 saturated carbocycles. The zero-order chi connectivity index (χ0) is 42.4. The van der Waals surface area contributed by atoms with Crippen molar-refractivity contribution in [3.8, 4) is 34.1 Å². The summed E-state index contributed by atoms with van der Waals surface area (Å²) in [6.45, 7) is 24.8. The highest BCUT2D eigenvalue weighted by Crippen LogP contribution is 2.47. The maximum Gasteiger partial charge on any atom is 0.335 e. The van der Waals surface area contributed by atoms with Gasteiger partial charge in [-0.1, -0.05) is 93.6 Å². The summed E-state index contributed by atoms with van der Waals surface area (Å²) in [6.07, 6.45) is 11.4. The van der Waals surface area contributed by atoms with E-state index < -0.39 is 35.8 Å². The van der Waals surface area contributed by atoms with Gasteiger partial charge in [-0.15, -0.1) is 0 Å². The van der Waals surface area contributed by atoms with E-state index in [1.165, 1.54) is 12.2 Å². The van der Waals surface area contributed by atoms with Gasteiger partial charge in [-0.25, -0.2) is 24.0 Å². The molecule has 0 fully saturated rings. The fraction of sp³-hybridized carbons (Fsp3) is 0.0625. The van der Waals surface area contributed by atoms with Crippen molar-refractivity contribution in [2.45, 2.75) is 19.8 Å². The van der Waals surface area contributed by atoms with Gasteiger partial charge < -0.3 is 23.7 Å². The fourth-order valence-electron chi connectivity index (χ4n) is 5.75. The number of ether oxygens (including phenoxy) is 5. The Balaban J connectivity index is 2.12. The number of allylic oxidation sites excluding steroid dienone is 3. The predicted octanol–water partition coefficient (Wildman–Crippen LogP) is 9.33. The Morgan fingerprint density at radius 1 is 0.534 bits per heavy atom. The summed E-state index contributed by atoms with van der Waals surface area (Å²) in [5, 5.41) is 0. The molecule has 4 aromatic carbocycles. The molecule has 4 rings (SSSR count). The second-order valence-corrected chi connectivity index (χ2v) is 12.3. The average Bonchev–Trinajstić information content (AvgIpc) is 3.22. The Bertz CT molecular complexity index is 2390. The van der Waals surface area contributed by atoms with E-state index in [1.807, 2.05) is 19.1 Å². The number of hydrogen-bond acceptors (Lipinski definition) is 10. The Labute approximate surface area is 336 Å². The van der Waals surface area contributed by atoms with E-state index in [1.54, 1.807) is 79.7 Å². The molecule has 0 aliphatic rings. The van der Waals surface area contributed by atoms with Gasteiger partial charge in [-0.05, 0) is 84.7 Å². The quantitative estimate of drug-likeness (QED) is 0.0255. The van der Waals surface area contributed by atoms with Gasteiger partial charge in [-0.3, -0.25) is 0 Å². The molecular formula is C48H40O10. The molecule has 0 aliphatic carbocycles. The number of carbonyl (C=O) groups excluding carboxylic acids is 5. The van der Waals surface area contributed by atoms with Crippen LogP contribution in [0.15, 0.2) is 167 Å². The summed E-state index contributed by atoms with van der Waals surface area (Å²) in [4.78, 5) is 62.2. The number of carbonyl (C=O) groups is 5. The Kier molecular flexibility index (Phi) is 14.9. The minimum absolute atomic E-state index is 0.106. The van der Waals surface area contributed by atoms with Crippen LogP contribution in [0.1, 0.15) is 39.3 Å². The first-order valence-corrected chi connectivity index (χ1v) is 17.6. The topological polar surface area (TPSA) is 132 Å². The monoisotopic (exact) mass is 776 g/mol. The van der Waals surface area contributed by atoms with Crippen LogP contribution in [0, 0.1) is 13.8 Å². The molecule has 10 nitrogen and oxygen atoms in total. The van der Waals surface area contributed by atoms with Crippen molar-refractivity contribution in [1.29, 1.82) is 0 Å². The number of rotatable bonds is 17. The summed E-state index contributed by atoms with van der Waals surface area (Å²) in [5.74, 6) is -3.65. The van der Waals surface area contributed by atoms with Gasteiger partial charge in [0.1, 0.15) is 28.8 Å². The first kappa shape index (κ1) is 42.9. The second kappa shape index (κ2) is 20.2. The Hall–Kier alpha value is -7.85. The molecular weight excluding hydrogens is 737 g/mol. The average molecular weight is 777 g/mol. The van der Waals surface area contributed by atoms with Crippen LogP contribution < -0.4 is 18.9 Å². The molecule has 0 aliphatic heterocycles. The molecule has 0 bridgehead atoms. The number of benzene rings is 4. The normalized spacial score (nSPS) is 11.3. The summed E-state index contributed by atoms with van der Waals surface area (Å²) in [5.41, 5.74) is 4.52. The molecule has 0 aromatic heterocycles. The number of esters is 5. The maximum absolute atomic E-state index is 12.9. The van der Waals surface area contributed by atoms with Crippen molar-refractivity contribution in [3.63, 3.8) is 0 Å². The lowest BCUT2D eigenvalue weighted by molar-refractivity contribution is -0.133. The standard InChI is InChI=1S/C48H40O10/c1-9-35(54-42(49)10-2)17-15-16-32-18-24-40(56-44(51)12-4)37(28-32)47(39-27-30(7)26-31(8)48(39)58-46(53)14-6)38-29-34(21-25-41(38)57-45(52)13-5)33-19-22-36(23-20-33)55-43(50)11-3/h9-29,47H,1-6H2,7-8H3/b16-15+,35-17+. The van der Waals surface area contributed by atoms with Crippen LogP contribution in [0.25, 0.3) is 17.2 Å². The highest BCUT2D eigenvalue weighted by Gasteiger charge is 2.30. The molecule has 292 valence electrons. The van der Waals surface area contributed by atoms with Gasteiger partial charge in [0.25, 0.3) is 0 Å². The molecule has 0 amide bonds. The molecule has 0 radical (unpaired) electrons. The van der Waals surface area contributed by atoms with Crippen LogP contribution in [0.4, 0.5) is 0 Å². The molecule has 0 spiro atoms. The van der Waals surface area contributed by atoms with Crippen molar-refractivity contribution >= 4 is 35.9 Å². The van der Waals surface area contributed by atoms with Crippen LogP contribution >= 0.6 is 0 Å². The van der Waals surface area contributed by atoms with Crippen LogP contribution in [0.2, 0.25) is 0 Å². The second-order valence-electron chi connectivity index (χ2n) is 12.3. The molecule has 1 unspecified atom stereocenters. The molecule has 10 heteroatoms. The molecule has 0 saturated heterocycles. The highest BCUT2D eigenvalue weighted by molar-refractivity contribution is 5.87. The Morgan fingerprint density at radius 2 is 1.07 bits per heavy atom. The van der Waals surface area contributed by atoms with Crippen LogP contribution in [-0.4, -0.2) is 29.8 Å². The van der Waals surface area contributed by atoms with E-state index in [0.29, 0.717) is 44.7 Å².